The lowest BCUT2D eigenvalue weighted by molar-refractivity contribution is 1.61. The van der Waals surface area contributed by atoms with Crippen LogP contribution in [0.2, 0.25) is 0 Å². The van der Waals surface area contributed by atoms with Crippen LogP contribution >= 0.6 is 0 Å². The molecule has 0 spiro atoms. The summed E-state index contributed by atoms with van der Waals surface area (Å²) in [6.07, 6.45) is 4.41. The first-order valence-corrected chi connectivity index (χ1v) is 11.7. The molecular formula is C34H24. The van der Waals surface area contributed by atoms with E-state index in [0.717, 1.165) is 0 Å². The third kappa shape index (κ3) is 3.70. The Labute approximate surface area is 200 Å². The highest BCUT2D eigenvalue weighted by molar-refractivity contribution is 6.10. The van der Waals surface area contributed by atoms with E-state index < -0.39 is 0 Å². The van der Waals surface area contributed by atoms with Gasteiger partial charge in [-0.3, -0.25) is 0 Å². The van der Waals surface area contributed by atoms with Crippen molar-refractivity contribution in [3.8, 4) is 22.3 Å². The van der Waals surface area contributed by atoms with E-state index >= 15 is 0 Å². The quantitative estimate of drug-likeness (QED) is 0.243. The molecule has 0 radical (unpaired) electrons. The van der Waals surface area contributed by atoms with Crippen LogP contribution in [0, 0.1) is 0 Å². The van der Waals surface area contributed by atoms with Crippen molar-refractivity contribution in [1.29, 1.82) is 0 Å². The summed E-state index contributed by atoms with van der Waals surface area (Å²) in [4.78, 5) is 0. The summed E-state index contributed by atoms with van der Waals surface area (Å²) in [5, 5.41) is 5.10. The summed E-state index contributed by atoms with van der Waals surface area (Å²) in [5.74, 6) is 0. The van der Waals surface area contributed by atoms with E-state index in [1.807, 2.05) is 0 Å². The van der Waals surface area contributed by atoms with Gasteiger partial charge in [-0.05, 0) is 54.9 Å². The molecule has 0 aliphatic carbocycles. The number of hydrogen-bond acceptors (Lipinski definition) is 0. The second-order valence-corrected chi connectivity index (χ2v) is 8.56. The lowest BCUT2D eigenvalue weighted by Crippen LogP contribution is -1.89. The molecule has 0 amide bonds. The lowest BCUT2D eigenvalue weighted by Gasteiger charge is -2.15. The van der Waals surface area contributed by atoms with Gasteiger partial charge < -0.3 is 0 Å². The molecule has 34 heavy (non-hydrogen) atoms. The van der Waals surface area contributed by atoms with Crippen molar-refractivity contribution in [3.05, 3.63) is 145 Å². The van der Waals surface area contributed by atoms with E-state index in [1.165, 1.54) is 54.9 Å². The van der Waals surface area contributed by atoms with Crippen LogP contribution in [0.1, 0.15) is 11.1 Å². The van der Waals surface area contributed by atoms with Crippen molar-refractivity contribution in [1.82, 2.24) is 0 Å². The Bertz CT molecular complexity index is 1630. The molecule has 0 aromatic heterocycles. The standard InChI is InChI=1S/C34H24/c1-2-11-25(12-3-1)21-22-27-14-5-7-17-29(27)33-23-24-34(32-19-9-8-18-31(32)33)30-20-10-15-26-13-4-6-16-28(26)30/h1-24H/b22-21+. The van der Waals surface area contributed by atoms with Crippen molar-refractivity contribution in [2.75, 3.05) is 0 Å². The van der Waals surface area contributed by atoms with Gasteiger partial charge in [-0.2, -0.15) is 0 Å². The summed E-state index contributed by atoms with van der Waals surface area (Å²) >= 11 is 0. The number of hydrogen-bond donors (Lipinski definition) is 0. The Morgan fingerprint density at radius 2 is 0.853 bits per heavy atom. The Morgan fingerprint density at radius 3 is 1.65 bits per heavy atom. The summed E-state index contributed by atoms with van der Waals surface area (Å²) < 4.78 is 0. The average molecular weight is 433 g/mol. The van der Waals surface area contributed by atoms with Gasteiger partial charge in [0.15, 0.2) is 0 Å². The topological polar surface area (TPSA) is 0 Å². The summed E-state index contributed by atoms with van der Waals surface area (Å²) in [7, 11) is 0. The van der Waals surface area contributed by atoms with Crippen LogP contribution in [0.5, 0.6) is 0 Å². The Kier molecular flexibility index (Phi) is 5.26. The highest BCUT2D eigenvalue weighted by Gasteiger charge is 2.12. The Balaban J connectivity index is 1.53. The fourth-order valence-corrected chi connectivity index (χ4v) is 4.87. The van der Waals surface area contributed by atoms with Crippen molar-refractivity contribution in [3.63, 3.8) is 0 Å². The molecule has 6 aromatic rings. The van der Waals surface area contributed by atoms with Crippen molar-refractivity contribution in [2.45, 2.75) is 0 Å². The zero-order chi connectivity index (χ0) is 22.7. The monoisotopic (exact) mass is 432 g/mol. The van der Waals surface area contributed by atoms with Crippen LogP contribution < -0.4 is 0 Å². The second kappa shape index (κ2) is 8.84. The highest BCUT2D eigenvalue weighted by Crippen LogP contribution is 2.39. The molecule has 0 atom stereocenters. The van der Waals surface area contributed by atoms with E-state index in [4.69, 9.17) is 0 Å². The normalized spacial score (nSPS) is 11.4. The molecule has 0 heterocycles. The second-order valence-electron chi connectivity index (χ2n) is 8.56. The summed E-state index contributed by atoms with van der Waals surface area (Å²) in [5.41, 5.74) is 7.47. The molecular weight excluding hydrogens is 408 g/mol. The first-order valence-electron chi connectivity index (χ1n) is 11.7. The first-order chi connectivity index (χ1) is 16.9. The van der Waals surface area contributed by atoms with Crippen LogP contribution in [0.15, 0.2) is 133 Å². The van der Waals surface area contributed by atoms with Crippen LogP contribution in [0.4, 0.5) is 0 Å². The maximum Gasteiger partial charge on any atom is -0.00987 e. The number of fused-ring (bicyclic) bond motifs is 2. The number of rotatable bonds is 4. The van der Waals surface area contributed by atoms with Gasteiger partial charge in [0.25, 0.3) is 0 Å². The van der Waals surface area contributed by atoms with E-state index in [9.17, 15) is 0 Å². The van der Waals surface area contributed by atoms with Gasteiger partial charge in [0, 0.05) is 0 Å². The van der Waals surface area contributed by atoms with E-state index in [0.29, 0.717) is 0 Å². The lowest BCUT2D eigenvalue weighted by atomic mass is 9.89. The van der Waals surface area contributed by atoms with Gasteiger partial charge in [0.1, 0.15) is 0 Å². The predicted molar refractivity (Wildman–Crippen MR) is 148 cm³/mol. The van der Waals surface area contributed by atoms with E-state index in [2.05, 4.69) is 146 Å². The molecule has 160 valence electrons. The number of benzene rings is 6. The molecule has 0 bridgehead atoms. The Hall–Kier alpha value is -4.42. The molecule has 0 nitrogen and oxygen atoms in total. The van der Waals surface area contributed by atoms with Gasteiger partial charge >= 0.3 is 0 Å². The maximum absolute atomic E-state index is 2.29. The molecule has 0 N–H and O–H groups in total. The Morgan fingerprint density at radius 1 is 0.324 bits per heavy atom. The zero-order valence-corrected chi connectivity index (χ0v) is 18.9. The molecule has 0 saturated heterocycles. The van der Waals surface area contributed by atoms with Gasteiger partial charge in [-0.15, -0.1) is 0 Å². The minimum absolute atomic E-state index is 1.20. The molecule has 6 aromatic carbocycles. The van der Waals surface area contributed by atoms with Crippen molar-refractivity contribution in [2.24, 2.45) is 0 Å². The minimum Gasteiger partial charge on any atom is -0.0622 e. The van der Waals surface area contributed by atoms with Gasteiger partial charge in [0.05, 0.1) is 0 Å². The fraction of sp³-hybridized carbons (Fsp3) is 0. The van der Waals surface area contributed by atoms with Crippen molar-refractivity contribution < 1.29 is 0 Å². The smallest absolute Gasteiger partial charge is 0.00987 e. The van der Waals surface area contributed by atoms with E-state index in [-0.39, 0.29) is 0 Å². The molecule has 0 unspecified atom stereocenters. The van der Waals surface area contributed by atoms with Crippen LogP contribution in [-0.4, -0.2) is 0 Å². The third-order valence-electron chi connectivity index (χ3n) is 6.51. The third-order valence-corrected chi connectivity index (χ3v) is 6.51. The summed E-state index contributed by atoms with van der Waals surface area (Å²) in [6.45, 7) is 0. The summed E-state index contributed by atoms with van der Waals surface area (Å²) in [6, 6.07) is 47.7. The molecule has 0 aliphatic rings. The molecule has 0 heteroatoms. The predicted octanol–water partition coefficient (Wildman–Crippen LogP) is 9.50. The molecule has 6 rings (SSSR count). The maximum atomic E-state index is 2.29. The van der Waals surface area contributed by atoms with Crippen LogP contribution in [0.25, 0.3) is 56.0 Å². The SMILES string of the molecule is C(=C\c1ccccc1-c1ccc(-c2cccc3ccccc23)c2ccccc12)/c1ccccc1. The van der Waals surface area contributed by atoms with Gasteiger partial charge in [-0.1, -0.05) is 146 Å². The molecule has 0 saturated carbocycles. The van der Waals surface area contributed by atoms with E-state index in [1.54, 1.807) is 0 Å². The van der Waals surface area contributed by atoms with Gasteiger partial charge in [-0.25, -0.2) is 0 Å². The average Bonchev–Trinajstić information content (AvgIpc) is 2.92. The first kappa shape index (κ1) is 20.2. The molecule has 0 aliphatic heterocycles. The van der Waals surface area contributed by atoms with Gasteiger partial charge in [0.2, 0.25) is 0 Å². The zero-order valence-electron chi connectivity index (χ0n) is 18.9. The van der Waals surface area contributed by atoms with Crippen LogP contribution in [0.3, 0.4) is 0 Å². The van der Waals surface area contributed by atoms with Crippen LogP contribution in [-0.2, 0) is 0 Å². The minimum atomic E-state index is 1.20. The fourth-order valence-electron chi connectivity index (χ4n) is 4.87. The van der Waals surface area contributed by atoms with Crippen molar-refractivity contribution >= 4 is 33.7 Å². The largest absolute Gasteiger partial charge is 0.0622 e. The molecule has 0 fully saturated rings. The highest BCUT2D eigenvalue weighted by atomic mass is 14.2.